The van der Waals surface area contributed by atoms with Crippen molar-refractivity contribution in [3.05, 3.63) is 29.8 Å². The van der Waals surface area contributed by atoms with Gasteiger partial charge >= 0.3 is 0 Å². The van der Waals surface area contributed by atoms with Crippen LogP contribution in [0, 0.1) is 0 Å². The first kappa shape index (κ1) is 16.4. The lowest BCUT2D eigenvalue weighted by molar-refractivity contribution is -0.129. The van der Waals surface area contributed by atoms with Crippen LogP contribution in [0.3, 0.4) is 0 Å². The highest BCUT2D eigenvalue weighted by atomic mass is 16.5. The van der Waals surface area contributed by atoms with E-state index in [4.69, 9.17) is 10.5 Å². The number of nitrogen functional groups attached to an aromatic ring is 1. The van der Waals surface area contributed by atoms with E-state index in [2.05, 4.69) is 6.92 Å². The Labute approximate surface area is 132 Å². The number of anilines is 1. The Bertz CT molecular complexity index is 552. The molecule has 120 valence electrons. The lowest BCUT2D eigenvalue weighted by Crippen LogP contribution is -2.41. The lowest BCUT2D eigenvalue weighted by atomic mass is 10.0. The monoisotopic (exact) mass is 302 g/mol. The maximum absolute atomic E-state index is 12.3. The fraction of sp³-hybridized carbons (Fsp3) is 0.500. The Morgan fingerprint density at radius 3 is 2.82 bits per heavy atom. The average Bonchev–Trinajstić information content (AvgIpc) is 2.47. The van der Waals surface area contributed by atoms with Crippen LogP contribution in [0.4, 0.5) is 5.69 Å². The van der Waals surface area contributed by atoms with Gasteiger partial charge in [-0.05, 0) is 63.8 Å². The van der Waals surface area contributed by atoms with E-state index in [1.165, 1.54) is 6.42 Å². The molecule has 1 unspecified atom stereocenters. The molecule has 1 aromatic carbocycles. The first-order valence-corrected chi connectivity index (χ1v) is 8.02. The van der Waals surface area contributed by atoms with Crippen molar-refractivity contribution >= 4 is 17.7 Å². The summed E-state index contributed by atoms with van der Waals surface area (Å²) in [5, 5.41) is 0. The largest absolute Gasteiger partial charge is 0.489 e. The van der Waals surface area contributed by atoms with Gasteiger partial charge < -0.3 is 15.4 Å². The minimum absolute atomic E-state index is 0.0771. The zero-order valence-electron chi connectivity index (χ0n) is 13.7. The molecule has 1 saturated heterocycles. The summed E-state index contributed by atoms with van der Waals surface area (Å²) in [6.07, 6.45) is 6.94. The Kier molecular flexibility index (Phi) is 5.47. The van der Waals surface area contributed by atoms with Crippen molar-refractivity contribution in [2.45, 2.75) is 52.2 Å². The van der Waals surface area contributed by atoms with E-state index in [1.807, 2.05) is 43.0 Å². The molecule has 1 amide bonds. The van der Waals surface area contributed by atoms with Crippen molar-refractivity contribution in [1.82, 2.24) is 4.90 Å². The number of nitrogens with two attached hydrogens (primary N) is 1. The van der Waals surface area contributed by atoms with Crippen LogP contribution < -0.4 is 10.5 Å². The van der Waals surface area contributed by atoms with E-state index in [-0.39, 0.29) is 12.0 Å². The van der Waals surface area contributed by atoms with Crippen molar-refractivity contribution in [2.75, 3.05) is 12.3 Å². The molecule has 1 aliphatic heterocycles. The number of rotatable bonds is 4. The summed E-state index contributed by atoms with van der Waals surface area (Å²) in [5.41, 5.74) is 7.49. The molecular weight excluding hydrogens is 276 g/mol. The van der Waals surface area contributed by atoms with Crippen LogP contribution >= 0.6 is 0 Å². The van der Waals surface area contributed by atoms with E-state index in [9.17, 15) is 4.79 Å². The predicted octanol–water partition coefficient (Wildman–Crippen LogP) is 3.47. The molecule has 0 aromatic heterocycles. The van der Waals surface area contributed by atoms with Crippen molar-refractivity contribution in [3.63, 3.8) is 0 Å². The number of benzene rings is 1. The van der Waals surface area contributed by atoms with E-state index in [0.29, 0.717) is 17.5 Å². The molecule has 1 fully saturated rings. The normalized spacial score (nSPS) is 18.9. The number of nitrogens with zero attached hydrogens (tertiary/aromatic N) is 1. The highest BCUT2D eigenvalue weighted by molar-refractivity contribution is 5.92. The van der Waals surface area contributed by atoms with Crippen LogP contribution in [0.1, 0.15) is 45.6 Å². The van der Waals surface area contributed by atoms with Crippen molar-refractivity contribution in [3.8, 4) is 5.75 Å². The van der Waals surface area contributed by atoms with Gasteiger partial charge in [0.25, 0.3) is 0 Å². The minimum Gasteiger partial charge on any atom is -0.489 e. The third kappa shape index (κ3) is 4.26. The molecule has 22 heavy (non-hydrogen) atoms. The number of carbonyl (C=O) groups is 1. The minimum atomic E-state index is 0.0771. The van der Waals surface area contributed by atoms with Gasteiger partial charge in [0.05, 0.1) is 11.8 Å². The molecule has 1 atom stereocenters. The van der Waals surface area contributed by atoms with Gasteiger partial charge in [-0.1, -0.05) is 6.07 Å². The molecule has 1 heterocycles. The second-order valence-electron chi connectivity index (χ2n) is 6.17. The number of hydrogen-bond acceptors (Lipinski definition) is 3. The summed E-state index contributed by atoms with van der Waals surface area (Å²) in [4.78, 5) is 14.2. The van der Waals surface area contributed by atoms with E-state index < -0.39 is 0 Å². The highest BCUT2D eigenvalue weighted by Crippen LogP contribution is 2.24. The predicted molar refractivity (Wildman–Crippen MR) is 90.7 cm³/mol. The lowest BCUT2D eigenvalue weighted by Gasteiger charge is -2.32. The summed E-state index contributed by atoms with van der Waals surface area (Å²) < 4.78 is 5.61. The van der Waals surface area contributed by atoms with Crippen LogP contribution in [-0.4, -0.2) is 29.5 Å². The summed E-state index contributed by atoms with van der Waals surface area (Å²) in [6, 6.07) is 5.93. The SMILES string of the molecule is CC(C)Oc1ccc(/C=C\C(=O)N2CCCCC2C)cc1N. The zero-order chi connectivity index (χ0) is 16.1. The number of ether oxygens (including phenoxy) is 1. The maximum Gasteiger partial charge on any atom is 0.246 e. The van der Waals surface area contributed by atoms with Gasteiger partial charge in [0.15, 0.2) is 0 Å². The third-order valence-corrected chi connectivity index (χ3v) is 3.90. The molecule has 1 aromatic rings. The quantitative estimate of drug-likeness (QED) is 0.684. The fourth-order valence-corrected chi connectivity index (χ4v) is 2.72. The summed E-state index contributed by atoms with van der Waals surface area (Å²) in [7, 11) is 0. The summed E-state index contributed by atoms with van der Waals surface area (Å²) >= 11 is 0. The van der Waals surface area contributed by atoms with E-state index in [0.717, 1.165) is 24.9 Å². The number of amides is 1. The highest BCUT2D eigenvalue weighted by Gasteiger charge is 2.21. The topological polar surface area (TPSA) is 55.6 Å². The molecule has 0 spiro atoms. The maximum atomic E-state index is 12.3. The number of hydrogen-bond donors (Lipinski definition) is 1. The van der Waals surface area contributed by atoms with Crippen molar-refractivity contribution < 1.29 is 9.53 Å². The van der Waals surface area contributed by atoms with Gasteiger partial charge in [0.2, 0.25) is 5.91 Å². The molecule has 4 heteroatoms. The Balaban J connectivity index is 2.03. The molecule has 0 aliphatic carbocycles. The van der Waals surface area contributed by atoms with Crippen molar-refractivity contribution in [1.29, 1.82) is 0 Å². The molecule has 0 saturated carbocycles. The van der Waals surface area contributed by atoms with Crippen LogP contribution in [-0.2, 0) is 4.79 Å². The first-order chi connectivity index (χ1) is 10.5. The van der Waals surface area contributed by atoms with Crippen LogP contribution in [0.25, 0.3) is 6.08 Å². The smallest absolute Gasteiger partial charge is 0.246 e. The number of carbonyl (C=O) groups excluding carboxylic acids is 1. The third-order valence-electron chi connectivity index (χ3n) is 3.90. The molecule has 0 radical (unpaired) electrons. The molecule has 4 nitrogen and oxygen atoms in total. The average molecular weight is 302 g/mol. The number of likely N-dealkylation sites (tertiary alicyclic amines) is 1. The second kappa shape index (κ2) is 7.34. The van der Waals surface area contributed by atoms with Crippen molar-refractivity contribution in [2.24, 2.45) is 0 Å². The van der Waals surface area contributed by atoms with Gasteiger partial charge in [0.1, 0.15) is 5.75 Å². The summed E-state index contributed by atoms with van der Waals surface area (Å²) in [6.45, 7) is 6.89. The standard InChI is InChI=1S/C18H26N2O2/c1-13(2)22-17-9-7-15(12-16(17)19)8-10-18(21)20-11-5-4-6-14(20)3/h7-10,12-14H,4-6,11,19H2,1-3H3/b10-8-. The van der Waals surface area contributed by atoms with E-state index >= 15 is 0 Å². The molecule has 1 aliphatic rings. The van der Waals surface area contributed by atoms with Crippen LogP contribution in [0.2, 0.25) is 0 Å². The summed E-state index contributed by atoms with van der Waals surface area (Å²) in [5.74, 6) is 0.761. The van der Waals surface area contributed by atoms with Gasteiger partial charge in [-0.15, -0.1) is 0 Å². The number of piperidine rings is 1. The van der Waals surface area contributed by atoms with E-state index in [1.54, 1.807) is 6.08 Å². The van der Waals surface area contributed by atoms with Gasteiger partial charge in [0, 0.05) is 18.7 Å². The Hall–Kier alpha value is -1.97. The van der Waals surface area contributed by atoms with Gasteiger partial charge in [-0.25, -0.2) is 0 Å². The molecular formula is C18H26N2O2. The Morgan fingerprint density at radius 1 is 1.41 bits per heavy atom. The molecule has 2 rings (SSSR count). The first-order valence-electron chi connectivity index (χ1n) is 8.02. The Morgan fingerprint density at radius 2 is 2.18 bits per heavy atom. The molecule has 2 N–H and O–H groups in total. The van der Waals surface area contributed by atoms with Gasteiger partial charge in [-0.2, -0.15) is 0 Å². The second-order valence-corrected chi connectivity index (χ2v) is 6.17. The van der Waals surface area contributed by atoms with Crippen LogP contribution in [0.5, 0.6) is 5.75 Å². The van der Waals surface area contributed by atoms with Gasteiger partial charge in [-0.3, -0.25) is 4.79 Å². The molecule has 0 bridgehead atoms. The zero-order valence-corrected chi connectivity index (χ0v) is 13.7. The fourth-order valence-electron chi connectivity index (χ4n) is 2.72. The van der Waals surface area contributed by atoms with Crippen LogP contribution in [0.15, 0.2) is 24.3 Å².